The number of carbonyl (C=O) groups excluding carboxylic acids is 1. The predicted octanol–water partition coefficient (Wildman–Crippen LogP) is 4.09. The number of hydrogen-bond acceptors (Lipinski definition) is 6. The molecular weight excluding hydrogens is 358 g/mol. The number of rotatable bonds is 7. The molecule has 0 amide bonds. The summed E-state index contributed by atoms with van der Waals surface area (Å²) < 4.78 is 5.74. The zero-order chi connectivity index (χ0) is 19.4. The molecule has 146 valence electrons. The highest BCUT2D eigenvalue weighted by atomic mass is 32.1. The molecule has 0 saturated carbocycles. The van der Waals surface area contributed by atoms with E-state index < -0.39 is 0 Å². The van der Waals surface area contributed by atoms with Crippen LogP contribution in [0.5, 0.6) is 5.75 Å². The monoisotopic (exact) mass is 387 g/mol. The average Bonchev–Trinajstić information content (AvgIpc) is 3.10. The molecule has 2 aromatic rings. The topological polar surface area (TPSA) is 45.7 Å². The molecule has 1 unspecified atom stereocenters. The van der Waals surface area contributed by atoms with E-state index in [4.69, 9.17) is 4.74 Å². The number of carbonyl (C=O) groups is 1. The zero-order valence-electron chi connectivity index (χ0n) is 16.6. The molecule has 27 heavy (non-hydrogen) atoms. The second kappa shape index (κ2) is 8.85. The van der Waals surface area contributed by atoms with Gasteiger partial charge in [-0.2, -0.15) is 0 Å². The van der Waals surface area contributed by atoms with Crippen molar-refractivity contribution in [2.75, 3.05) is 32.1 Å². The van der Waals surface area contributed by atoms with E-state index in [0.717, 1.165) is 48.9 Å². The van der Waals surface area contributed by atoms with Gasteiger partial charge in [0.2, 0.25) is 0 Å². The number of ketones is 1. The van der Waals surface area contributed by atoms with Crippen molar-refractivity contribution in [2.45, 2.75) is 39.3 Å². The number of thiazole rings is 1. The number of Topliss-reactive ketones (excluding diaryl/α,β-unsaturated/α-hetero) is 1. The van der Waals surface area contributed by atoms with Crippen molar-refractivity contribution in [3.8, 4) is 5.75 Å². The second-order valence-corrected chi connectivity index (χ2v) is 8.73. The Labute approximate surface area is 166 Å². The third-order valence-electron chi connectivity index (χ3n) is 4.67. The van der Waals surface area contributed by atoms with E-state index in [2.05, 4.69) is 9.88 Å². The maximum atomic E-state index is 13.0. The van der Waals surface area contributed by atoms with Crippen LogP contribution in [0.25, 0.3) is 0 Å². The smallest absolute Gasteiger partial charge is 0.185 e. The third kappa shape index (κ3) is 5.30. The molecule has 1 fully saturated rings. The largest absolute Gasteiger partial charge is 0.491 e. The Morgan fingerprint density at radius 2 is 2.22 bits per heavy atom. The summed E-state index contributed by atoms with van der Waals surface area (Å²) in [6.07, 6.45) is 4.07. The summed E-state index contributed by atoms with van der Waals surface area (Å²) in [5, 5.41) is 1.02. The molecule has 1 aromatic heterocycles. The summed E-state index contributed by atoms with van der Waals surface area (Å²) in [5.41, 5.74) is 0.757. The Morgan fingerprint density at radius 3 is 2.93 bits per heavy atom. The molecule has 0 radical (unpaired) electrons. The van der Waals surface area contributed by atoms with Gasteiger partial charge in [0.1, 0.15) is 5.75 Å². The minimum atomic E-state index is 0.0503. The van der Waals surface area contributed by atoms with E-state index in [9.17, 15) is 4.79 Å². The van der Waals surface area contributed by atoms with E-state index in [1.165, 1.54) is 4.88 Å². The van der Waals surface area contributed by atoms with Crippen molar-refractivity contribution in [3.63, 3.8) is 0 Å². The standard InChI is InChI=1S/C21H29N3O2S/c1-15(2)26-18-9-5-7-16(11-18)20(25)17-8-6-10-24(13-17)14-19-12-22-21(27-19)23(3)4/h5,7,9,11-12,15,17H,6,8,10,13-14H2,1-4H3. The summed E-state index contributed by atoms with van der Waals surface area (Å²) in [6.45, 7) is 6.70. The first-order valence-corrected chi connectivity index (χ1v) is 10.4. The van der Waals surface area contributed by atoms with E-state index >= 15 is 0 Å². The summed E-state index contributed by atoms with van der Waals surface area (Å²) in [6, 6.07) is 7.61. The Balaban J connectivity index is 1.64. The number of nitrogens with zero attached hydrogens (tertiary/aromatic N) is 3. The third-order valence-corrected chi connectivity index (χ3v) is 5.82. The molecule has 0 N–H and O–H groups in total. The lowest BCUT2D eigenvalue weighted by Crippen LogP contribution is -2.38. The van der Waals surface area contributed by atoms with Crippen molar-refractivity contribution in [1.82, 2.24) is 9.88 Å². The lowest BCUT2D eigenvalue weighted by Gasteiger charge is -2.31. The van der Waals surface area contributed by atoms with Crippen LogP contribution in [-0.2, 0) is 6.54 Å². The summed E-state index contributed by atoms with van der Waals surface area (Å²) in [5.74, 6) is 1.05. The molecule has 3 rings (SSSR count). The molecule has 2 heterocycles. The fourth-order valence-electron chi connectivity index (χ4n) is 3.44. The van der Waals surface area contributed by atoms with Crippen LogP contribution in [0.1, 0.15) is 41.9 Å². The SMILES string of the molecule is CC(C)Oc1cccc(C(=O)C2CCCN(Cc3cnc(N(C)C)s3)C2)c1. The van der Waals surface area contributed by atoms with Crippen LogP contribution in [0.4, 0.5) is 5.13 Å². The fraction of sp³-hybridized carbons (Fsp3) is 0.524. The van der Waals surface area contributed by atoms with E-state index in [0.29, 0.717) is 0 Å². The molecule has 0 aliphatic carbocycles. The fourth-order valence-corrected chi connectivity index (χ4v) is 4.32. The average molecular weight is 388 g/mol. The van der Waals surface area contributed by atoms with Crippen LogP contribution in [0.2, 0.25) is 0 Å². The molecule has 5 nitrogen and oxygen atoms in total. The summed E-state index contributed by atoms with van der Waals surface area (Å²) in [7, 11) is 4.02. The van der Waals surface area contributed by atoms with Crippen LogP contribution >= 0.6 is 11.3 Å². The number of piperidine rings is 1. The highest BCUT2D eigenvalue weighted by Crippen LogP contribution is 2.27. The molecule has 1 aliphatic heterocycles. The van der Waals surface area contributed by atoms with Crippen molar-refractivity contribution >= 4 is 22.3 Å². The van der Waals surface area contributed by atoms with Crippen LogP contribution in [0, 0.1) is 5.92 Å². The number of aromatic nitrogens is 1. The van der Waals surface area contributed by atoms with E-state index in [-0.39, 0.29) is 17.8 Å². The van der Waals surface area contributed by atoms with Crippen molar-refractivity contribution in [1.29, 1.82) is 0 Å². The first-order chi connectivity index (χ1) is 12.9. The summed E-state index contributed by atoms with van der Waals surface area (Å²) in [4.78, 5) is 23.1. The molecule has 1 aromatic carbocycles. The Hall–Kier alpha value is -1.92. The maximum Gasteiger partial charge on any atom is 0.185 e. The summed E-state index contributed by atoms with van der Waals surface area (Å²) >= 11 is 1.72. The van der Waals surface area contributed by atoms with Gasteiger partial charge in [0.05, 0.1) is 6.10 Å². The molecule has 1 saturated heterocycles. The van der Waals surface area contributed by atoms with Gasteiger partial charge in [-0.1, -0.05) is 12.1 Å². The maximum absolute atomic E-state index is 13.0. The van der Waals surface area contributed by atoms with Crippen molar-refractivity contribution in [2.24, 2.45) is 5.92 Å². The van der Waals surface area contributed by atoms with Gasteiger partial charge in [-0.25, -0.2) is 4.98 Å². The Morgan fingerprint density at radius 1 is 1.41 bits per heavy atom. The van der Waals surface area contributed by atoms with Crippen molar-refractivity contribution < 1.29 is 9.53 Å². The molecule has 1 atom stereocenters. The van der Waals surface area contributed by atoms with Gasteiger partial charge >= 0.3 is 0 Å². The van der Waals surface area contributed by atoms with Gasteiger partial charge in [0.25, 0.3) is 0 Å². The quantitative estimate of drug-likeness (QED) is 0.670. The number of ether oxygens (including phenoxy) is 1. The van der Waals surface area contributed by atoms with E-state index in [1.807, 2.05) is 63.3 Å². The predicted molar refractivity (Wildman–Crippen MR) is 111 cm³/mol. The molecule has 6 heteroatoms. The van der Waals surface area contributed by atoms with E-state index in [1.54, 1.807) is 11.3 Å². The van der Waals surface area contributed by atoms with Gasteiger partial charge in [0.15, 0.2) is 10.9 Å². The van der Waals surface area contributed by atoms with Crippen LogP contribution in [0.15, 0.2) is 30.5 Å². The van der Waals surface area contributed by atoms with Gasteiger partial charge in [0, 0.05) is 49.7 Å². The molecule has 0 spiro atoms. The number of benzene rings is 1. The van der Waals surface area contributed by atoms with Crippen LogP contribution < -0.4 is 9.64 Å². The molecule has 1 aliphatic rings. The zero-order valence-corrected chi connectivity index (χ0v) is 17.5. The van der Waals surface area contributed by atoms with Crippen molar-refractivity contribution in [3.05, 3.63) is 40.9 Å². The first-order valence-electron chi connectivity index (χ1n) is 9.57. The number of hydrogen-bond donors (Lipinski definition) is 0. The lowest BCUT2D eigenvalue weighted by atomic mass is 9.90. The van der Waals surface area contributed by atoms with Crippen LogP contribution in [0.3, 0.4) is 0 Å². The normalized spacial score (nSPS) is 17.9. The first kappa shape index (κ1) is 19.8. The van der Waals surface area contributed by atoms with Gasteiger partial charge < -0.3 is 9.64 Å². The highest BCUT2D eigenvalue weighted by Gasteiger charge is 2.27. The Bertz CT molecular complexity index is 772. The van der Waals surface area contributed by atoms with Gasteiger partial charge in [-0.3, -0.25) is 9.69 Å². The molecular formula is C21H29N3O2S. The molecule has 0 bridgehead atoms. The minimum Gasteiger partial charge on any atom is -0.491 e. The Kier molecular flexibility index (Phi) is 6.50. The highest BCUT2D eigenvalue weighted by molar-refractivity contribution is 7.15. The second-order valence-electron chi connectivity index (χ2n) is 7.64. The van der Waals surface area contributed by atoms with Crippen LogP contribution in [-0.4, -0.2) is 49.0 Å². The number of anilines is 1. The minimum absolute atomic E-state index is 0.0503. The van der Waals surface area contributed by atoms with Gasteiger partial charge in [-0.05, 0) is 45.4 Å². The lowest BCUT2D eigenvalue weighted by molar-refractivity contribution is 0.0812. The number of likely N-dealkylation sites (tertiary alicyclic amines) is 1. The van der Waals surface area contributed by atoms with Gasteiger partial charge in [-0.15, -0.1) is 11.3 Å².